The average Bonchev–Trinajstić information content (AvgIpc) is 3.73. The van der Waals surface area contributed by atoms with Crippen LogP contribution in [-0.2, 0) is 28.4 Å². The lowest BCUT2D eigenvalue weighted by atomic mass is 9.88. The molecule has 0 radical (unpaired) electrons. The van der Waals surface area contributed by atoms with Crippen LogP contribution in [0.4, 0.5) is 11.4 Å². The van der Waals surface area contributed by atoms with Gasteiger partial charge in [-0.15, -0.1) is 0 Å². The monoisotopic (exact) mass is 752 g/mol. The van der Waals surface area contributed by atoms with Crippen molar-refractivity contribution in [2.24, 2.45) is 14.1 Å². The maximum Gasteiger partial charge on any atom is 0.328 e. The molecule has 2 aromatic carbocycles. The van der Waals surface area contributed by atoms with E-state index in [1.54, 1.807) is 53.8 Å². The lowest BCUT2D eigenvalue weighted by Crippen LogP contribution is -2.39. The summed E-state index contributed by atoms with van der Waals surface area (Å²) in [5, 5.41) is 5.96. The highest BCUT2D eigenvalue weighted by molar-refractivity contribution is 6.03. The Labute approximate surface area is 321 Å². The molecule has 6 aromatic rings. The van der Waals surface area contributed by atoms with Crippen LogP contribution in [0, 0.1) is 18.8 Å². The van der Waals surface area contributed by atoms with Crippen molar-refractivity contribution in [2.45, 2.75) is 44.4 Å². The Morgan fingerprint density at radius 2 is 1.75 bits per heavy atom. The van der Waals surface area contributed by atoms with Gasteiger partial charge in [0.2, 0.25) is 11.8 Å². The number of anilines is 2. The first kappa shape index (κ1) is 36.4. The van der Waals surface area contributed by atoms with Gasteiger partial charge in [-0.3, -0.25) is 33.8 Å². The van der Waals surface area contributed by atoms with E-state index in [1.807, 2.05) is 43.3 Å². The highest BCUT2D eigenvalue weighted by atomic mass is 16.5. The van der Waals surface area contributed by atoms with E-state index in [1.165, 1.54) is 0 Å². The number of imidazole rings is 1. The minimum atomic E-state index is -0.444. The number of rotatable bonds is 7. The number of pyridine rings is 1. The van der Waals surface area contributed by atoms with Gasteiger partial charge in [0, 0.05) is 69.7 Å². The number of hydrogen-bond acceptors (Lipinski definition) is 10. The number of furan rings is 1. The molecule has 14 heteroatoms. The second-order valence-corrected chi connectivity index (χ2v) is 14.3. The molecule has 0 spiro atoms. The minimum Gasteiger partial charge on any atom is -0.448 e. The van der Waals surface area contributed by atoms with Crippen molar-refractivity contribution in [2.75, 3.05) is 31.7 Å². The number of nitrogens with one attached hydrogen (secondary N) is 2. The highest BCUT2D eigenvalue weighted by Crippen LogP contribution is 2.37. The van der Waals surface area contributed by atoms with Crippen molar-refractivity contribution in [3.05, 3.63) is 99.7 Å². The normalized spacial score (nSPS) is 16.1. The van der Waals surface area contributed by atoms with Crippen LogP contribution < -0.4 is 21.2 Å². The maximum atomic E-state index is 13.1. The number of hydrogen-bond donors (Lipinski definition) is 2. The molecule has 1 atom stereocenters. The summed E-state index contributed by atoms with van der Waals surface area (Å²) in [5.41, 5.74) is 7.53. The smallest absolute Gasteiger partial charge is 0.328 e. The Morgan fingerprint density at radius 1 is 0.964 bits per heavy atom. The third-order valence-corrected chi connectivity index (χ3v) is 10.8. The van der Waals surface area contributed by atoms with E-state index < -0.39 is 5.92 Å². The molecule has 0 bridgehead atoms. The zero-order valence-electron chi connectivity index (χ0n) is 31.5. The molecule has 284 valence electrons. The molecule has 2 aliphatic rings. The standard InChI is InChI=1S/C42H40N8O6/c1-24-17-26(21-44-37(24)41(53)43-14-6-7-29-20-33-30(8-5-9-35(33)56-29)31-10-11-36(51)47-40(31)52)39-45-22-28(23-46-39)48(2)27-18-32(25-12-15-55-16-13-25)38-34(19-27)49(3)42(54)50(38)4/h5,8-9,17-23,25,31H,10-16H2,1-4H3,(H,43,53)(H,47,51,52). The van der Waals surface area contributed by atoms with Gasteiger partial charge < -0.3 is 19.4 Å². The lowest BCUT2D eigenvalue weighted by Gasteiger charge is -2.26. The van der Waals surface area contributed by atoms with Gasteiger partial charge in [0.1, 0.15) is 11.3 Å². The molecule has 2 aliphatic heterocycles. The van der Waals surface area contributed by atoms with Crippen molar-refractivity contribution in [1.29, 1.82) is 0 Å². The fourth-order valence-corrected chi connectivity index (χ4v) is 7.69. The number of imide groups is 1. The van der Waals surface area contributed by atoms with Crippen LogP contribution >= 0.6 is 0 Å². The van der Waals surface area contributed by atoms with Crippen molar-refractivity contribution in [1.82, 2.24) is 34.7 Å². The number of nitrogens with zero attached hydrogens (tertiary/aromatic N) is 6. The number of carbonyl (C=O) groups excluding carboxylic acids is 3. The Morgan fingerprint density at radius 3 is 2.50 bits per heavy atom. The van der Waals surface area contributed by atoms with Gasteiger partial charge in [0.25, 0.3) is 5.91 Å². The molecule has 14 nitrogen and oxygen atoms in total. The van der Waals surface area contributed by atoms with Crippen LogP contribution in [0.25, 0.3) is 33.4 Å². The van der Waals surface area contributed by atoms with Crippen molar-refractivity contribution >= 4 is 51.1 Å². The van der Waals surface area contributed by atoms with Gasteiger partial charge in [-0.2, -0.15) is 0 Å². The molecule has 3 amide bonds. The number of carbonyl (C=O) groups is 3. The van der Waals surface area contributed by atoms with Crippen LogP contribution in [0.15, 0.2) is 70.3 Å². The fourth-order valence-electron chi connectivity index (χ4n) is 7.69. The summed E-state index contributed by atoms with van der Waals surface area (Å²) in [6.07, 6.45) is 7.58. The van der Waals surface area contributed by atoms with E-state index in [-0.39, 0.29) is 48.0 Å². The molecular weight excluding hydrogens is 713 g/mol. The minimum absolute atomic E-state index is 0.0565. The van der Waals surface area contributed by atoms with E-state index in [0.29, 0.717) is 47.9 Å². The first-order chi connectivity index (χ1) is 27.1. The van der Waals surface area contributed by atoms with E-state index in [2.05, 4.69) is 43.5 Å². The molecule has 2 N–H and O–H groups in total. The first-order valence-corrected chi connectivity index (χ1v) is 18.5. The summed E-state index contributed by atoms with van der Waals surface area (Å²) < 4.78 is 14.9. The maximum absolute atomic E-state index is 13.1. The second kappa shape index (κ2) is 14.9. The average molecular weight is 753 g/mol. The van der Waals surface area contributed by atoms with Crippen LogP contribution in [0.2, 0.25) is 0 Å². The summed E-state index contributed by atoms with van der Waals surface area (Å²) in [7, 11) is 5.57. The van der Waals surface area contributed by atoms with Gasteiger partial charge in [0.15, 0.2) is 11.6 Å². The number of amides is 3. The van der Waals surface area contributed by atoms with Gasteiger partial charge in [-0.25, -0.2) is 14.8 Å². The molecule has 2 fully saturated rings. The summed E-state index contributed by atoms with van der Waals surface area (Å²) in [5.74, 6) is 5.61. The number of ether oxygens (including phenoxy) is 1. The van der Waals surface area contributed by atoms with E-state index in [4.69, 9.17) is 9.15 Å². The van der Waals surface area contributed by atoms with Gasteiger partial charge in [-0.1, -0.05) is 18.1 Å². The number of piperidine rings is 1. The second-order valence-electron chi connectivity index (χ2n) is 14.3. The molecule has 6 heterocycles. The highest BCUT2D eigenvalue weighted by Gasteiger charge is 2.30. The Kier molecular flexibility index (Phi) is 9.69. The van der Waals surface area contributed by atoms with Crippen LogP contribution in [-0.4, -0.2) is 68.6 Å². The molecule has 8 rings (SSSR count). The lowest BCUT2D eigenvalue weighted by molar-refractivity contribution is -0.134. The van der Waals surface area contributed by atoms with Crippen LogP contribution in [0.3, 0.4) is 0 Å². The molecule has 2 saturated heterocycles. The molecule has 4 aromatic heterocycles. The van der Waals surface area contributed by atoms with E-state index >= 15 is 0 Å². The van der Waals surface area contributed by atoms with E-state index in [9.17, 15) is 19.2 Å². The number of benzene rings is 2. The van der Waals surface area contributed by atoms with Crippen molar-refractivity contribution in [3.8, 4) is 23.2 Å². The molecular formula is C42H40N8O6. The fraction of sp³-hybridized carbons (Fsp3) is 0.310. The first-order valence-electron chi connectivity index (χ1n) is 18.5. The molecule has 1 unspecified atom stereocenters. The van der Waals surface area contributed by atoms with E-state index in [0.717, 1.165) is 51.8 Å². The van der Waals surface area contributed by atoms with Gasteiger partial charge in [0.05, 0.1) is 41.6 Å². The Balaban J connectivity index is 0.938. The zero-order valence-corrected chi connectivity index (χ0v) is 31.5. The predicted molar refractivity (Wildman–Crippen MR) is 210 cm³/mol. The van der Waals surface area contributed by atoms with Crippen LogP contribution in [0.1, 0.15) is 70.5 Å². The van der Waals surface area contributed by atoms with Crippen LogP contribution in [0.5, 0.6) is 0 Å². The Bertz CT molecular complexity index is 2660. The summed E-state index contributed by atoms with van der Waals surface area (Å²) in [4.78, 5) is 65.8. The van der Waals surface area contributed by atoms with Gasteiger partial charge in [-0.05, 0) is 79.0 Å². The summed E-state index contributed by atoms with van der Waals surface area (Å²) >= 11 is 0. The third kappa shape index (κ3) is 6.81. The Hall–Kier alpha value is -6.59. The SMILES string of the molecule is Cc1cc(-c2ncc(N(C)c3cc(C4CCOCC4)c4c(c3)n(C)c(=O)n4C)cn2)cnc1C(=O)NCC#Cc1cc2c(C3CCC(=O)NC3=O)cccc2o1. The van der Waals surface area contributed by atoms with Gasteiger partial charge >= 0.3 is 5.69 Å². The quantitative estimate of drug-likeness (QED) is 0.172. The number of fused-ring (bicyclic) bond motifs is 2. The summed E-state index contributed by atoms with van der Waals surface area (Å²) in [6.45, 7) is 3.25. The molecule has 0 aliphatic carbocycles. The largest absolute Gasteiger partial charge is 0.448 e. The number of aromatic nitrogens is 5. The summed E-state index contributed by atoms with van der Waals surface area (Å²) in [6, 6.07) is 13.3. The third-order valence-electron chi connectivity index (χ3n) is 10.8. The zero-order chi connectivity index (χ0) is 39.1. The predicted octanol–water partition coefficient (Wildman–Crippen LogP) is 4.75. The topological polar surface area (TPSA) is 166 Å². The molecule has 0 saturated carbocycles. The molecule has 56 heavy (non-hydrogen) atoms. The number of aryl methyl sites for hydroxylation is 3. The van der Waals surface area contributed by atoms with Crippen molar-refractivity contribution < 1.29 is 23.5 Å². The van der Waals surface area contributed by atoms with Crippen molar-refractivity contribution in [3.63, 3.8) is 0 Å².